The number of hydrogen-bond donors (Lipinski definition) is 0. The predicted molar refractivity (Wildman–Crippen MR) is 144 cm³/mol. The molecule has 5 rings (SSSR count). The Labute approximate surface area is 216 Å². The highest BCUT2D eigenvalue weighted by molar-refractivity contribution is 5.61. The molecule has 0 atom stereocenters. The number of aromatic nitrogens is 2. The summed E-state index contributed by atoms with van der Waals surface area (Å²) in [6, 6.07) is 8.74. The molecule has 0 spiro atoms. The number of ether oxygens (including phenoxy) is 1. The summed E-state index contributed by atoms with van der Waals surface area (Å²) in [6.45, 7) is 11.2. The van der Waals surface area contributed by atoms with Crippen LogP contribution in [0, 0.1) is 24.9 Å². The fourth-order valence-electron chi connectivity index (χ4n) is 4.64. The first-order chi connectivity index (χ1) is 17.0. The Hall–Kier alpha value is -3.86. The van der Waals surface area contributed by atoms with Gasteiger partial charge in [0.25, 0.3) is 0 Å². The lowest BCUT2D eigenvalue weighted by molar-refractivity contribution is -0.670. The van der Waals surface area contributed by atoms with E-state index < -0.39 is 0 Å². The van der Waals surface area contributed by atoms with E-state index in [0.717, 1.165) is 23.2 Å². The van der Waals surface area contributed by atoms with Crippen molar-refractivity contribution in [3.63, 3.8) is 0 Å². The molecular formula is C31H36N4O-2. The third-order valence-corrected chi connectivity index (χ3v) is 7.15. The number of fused-ring (bicyclic) bond motifs is 1. The van der Waals surface area contributed by atoms with Gasteiger partial charge in [-0.15, -0.1) is 23.4 Å². The maximum atomic E-state index is 6.50. The second-order valence-electron chi connectivity index (χ2n) is 11.2. The maximum Gasteiger partial charge on any atom is 0.248 e. The van der Waals surface area contributed by atoms with Crippen LogP contribution < -0.4 is 9.30 Å². The molecule has 1 aromatic heterocycles. The van der Waals surface area contributed by atoms with Gasteiger partial charge in [0.2, 0.25) is 6.33 Å². The van der Waals surface area contributed by atoms with Crippen LogP contribution in [-0.4, -0.2) is 33.0 Å². The topological polar surface area (TPSA) is 24.3 Å². The molecule has 0 bridgehead atoms. The van der Waals surface area contributed by atoms with Crippen molar-refractivity contribution in [2.45, 2.75) is 45.6 Å². The number of hydrogen-bond acceptors (Lipinski definition) is 2. The molecule has 0 unspecified atom stereocenters. The zero-order chi connectivity index (χ0) is 25.7. The van der Waals surface area contributed by atoms with Crippen molar-refractivity contribution in [2.75, 3.05) is 7.05 Å². The first kappa shape index (κ1) is 23.9. The average Bonchev–Trinajstić information content (AvgIpc) is 3.27. The third kappa shape index (κ3) is 4.41. The summed E-state index contributed by atoms with van der Waals surface area (Å²) >= 11 is 0. The Balaban J connectivity index is 1.47. The molecule has 5 heteroatoms. The molecule has 0 fully saturated rings. The van der Waals surface area contributed by atoms with Crippen molar-refractivity contribution in [1.82, 2.24) is 9.47 Å². The number of imidazole rings is 1. The van der Waals surface area contributed by atoms with E-state index in [2.05, 4.69) is 136 Å². The van der Waals surface area contributed by atoms with Gasteiger partial charge in [0.15, 0.2) is 0 Å². The maximum absolute atomic E-state index is 6.50. The van der Waals surface area contributed by atoms with Gasteiger partial charge in [-0.3, -0.25) is 18.6 Å². The summed E-state index contributed by atoms with van der Waals surface area (Å²) in [5.41, 5.74) is 3.51. The molecular weight excluding hydrogens is 444 g/mol. The molecule has 0 saturated heterocycles. The Kier molecular flexibility index (Phi) is 5.74. The van der Waals surface area contributed by atoms with Crippen LogP contribution in [0.1, 0.15) is 40.2 Å². The van der Waals surface area contributed by atoms with Gasteiger partial charge in [0, 0.05) is 6.07 Å². The Bertz CT molecular complexity index is 1310. The van der Waals surface area contributed by atoms with Crippen LogP contribution in [0.5, 0.6) is 5.75 Å². The second-order valence-corrected chi connectivity index (χ2v) is 11.2. The van der Waals surface area contributed by atoms with Gasteiger partial charge in [-0.05, 0) is 37.0 Å². The lowest BCUT2D eigenvalue weighted by atomic mass is 9.81. The number of likely N-dealkylation sites (N-methyl/N-ethyl adjacent to an activating group) is 1. The minimum atomic E-state index is -0.0832. The standard InChI is InChI=1S/C31H36N4O/c1-30(2,3)23-17-25(34-16-15-32(6)21-34)20-27(18-23)36-26-12-10-11-24(19-26)35-22-33(7)31(4,5)28-13-8-9-14-29(28)35/h8-22H,1-7H3/q-2. The van der Waals surface area contributed by atoms with E-state index in [1.165, 1.54) is 17.2 Å². The number of benzene rings is 1. The van der Waals surface area contributed by atoms with Crippen LogP contribution in [-0.2, 0) is 12.5 Å². The second kappa shape index (κ2) is 8.66. The van der Waals surface area contributed by atoms with E-state index in [4.69, 9.17) is 4.74 Å². The Morgan fingerprint density at radius 2 is 1.89 bits per heavy atom. The average molecular weight is 481 g/mol. The minimum absolute atomic E-state index is 0.00479. The van der Waals surface area contributed by atoms with Gasteiger partial charge in [-0.1, -0.05) is 20.8 Å². The fourth-order valence-corrected chi connectivity index (χ4v) is 4.64. The number of rotatable bonds is 4. The summed E-state index contributed by atoms with van der Waals surface area (Å²) in [4.78, 5) is 2.26. The smallest absolute Gasteiger partial charge is 0.248 e. The molecule has 0 radical (unpaired) electrons. The number of nitrogens with zero attached hydrogens (tertiary/aromatic N) is 4. The fraction of sp³-hybridized carbons (Fsp3) is 0.290. The molecule has 2 heterocycles. The summed E-state index contributed by atoms with van der Waals surface area (Å²) < 4.78 is 12.9. The zero-order valence-corrected chi connectivity index (χ0v) is 22.4. The van der Waals surface area contributed by atoms with Crippen LogP contribution in [0.15, 0.2) is 84.7 Å². The highest BCUT2D eigenvalue weighted by atomic mass is 16.5. The van der Waals surface area contributed by atoms with E-state index in [1.807, 2.05) is 24.2 Å². The highest BCUT2D eigenvalue weighted by Gasteiger charge is 2.32. The van der Waals surface area contributed by atoms with E-state index in [9.17, 15) is 0 Å². The van der Waals surface area contributed by atoms with Crippen LogP contribution >= 0.6 is 0 Å². The van der Waals surface area contributed by atoms with Crippen LogP contribution in [0.4, 0.5) is 0 Å². The minimum Gasteiger partial charge on any atom is -0.554 e. The van der Waals surface area contributed by atoms with Crippen molar-refractivity contribution in [1.29, 1.82) is 0 Å². The van der Waals surface area contributed by atoms with Gasteiger partial charge in [-0.2, -0.15) is 24.6 Å². The van der Waals surface area contributed by atoms with Gasteiger partial charge >= 0.3 is 0 Å². The molecule has 0 amide bonds. The molecule has 1 aliphatic heterocycles. The normalized spacial score (nSPS) is 18.6. The van der Waals surface area contributed by atoms with E-state index in [-0.39, 0.29) is 11.0 Å². The highest BCUT2D eigenvalue weighted by Crippen LogP contribution is 2.40. The summed E-state index contributed by atoms with van der Waals surface area (Å²) in [7, 11) is 4.16. The molecule has 2 aliphatic carbocycles. The van der Waals surface area contributed by atoms with Crippen LogP contribution in [0.3, 0.4) is 0 Å². The van der Waals surface area contributed by atoms with E-state index >= 15 is 0 Å². The number of allylic oxidation sites excluding steroid dienone is 3. The molecule has 2 aromatic rings. The predicted octanol–water partition coefficient (Wildman–Crippen LogP) is 5.17. The van der Waals surface area contributed by atoms with Crippen molar-refractivity contribution in [3.8, 4) is 11.4 Å². The van der Waals surface area contributed by atoms with Crippen LogP contribution in [0.2, 0.25) is 0 Å². The van der Waals surface area contributed by atoms with Crippen LogP contribution in [0.25, 0.3) is 5.69 Å². The Morgan fingerprint density at radius 3 is 2.61 bits per heavy atom. The summed E-state index contributed by atoms with van der Waals surface area (Å²) in [5.74, 6) is 1.63. The van der Waals surface area contributed by atoms with Crippen molar-refractivity contribution in [3.05, 3.63) is 115 Å². The lowest BCUT2D eigenvalue weighted by Gasteiger charge is -2.56. The van der Waals surface area contributed by atoms with Gasteiger partial charge in [0.05, 0.1) is 19.6 Å². The molecule has 188 valence electrons. The molecule has 1 aromatic carbocycles. The largest absolute Gasteiger partial charge is 0.554 e. The molecule has 0 N–H and O–H groups in total. The van der Waals surface area contributed by atoms with E-state index in [0.29, 0.717) is 0 Å². The molecule has 3 aliphatic rings. The van der Waals surface area contributed by atoms with Gasteiger partial charge in [0.1, 0.15) is 30.2 Å². The lowest BCUT2D eigenvalue weighted by Crippen LogP contribution is -2.52. The van der Waals surface area contributed by atoms with Gasteiger partial charge < -0.3 is 14.2 Å². The Morgan fingerprint density at radius 1 is 1.08 bits per heavy atom. The molecule has 0 saturated carbocycles. The monoisotopic (exact) mass is 480 g/mol. The van der Waals surface area contributed by atoms with Crippen molar-refractivity contribution >= 4 is 6.34 Å². The SMILES string of the molecule is CN1C=[N+]([C-]2C=C[CH-]C(Oc3cc(-n4cc[n+](C)c4)cc(C(C)(C)C)c3)=C2)[C-]2C=C[CH-]C=C2C1(C)C. The summed E-state index contributed by atoms with van der Waals surface area (Å²) in [6.07, 6.45) is 25.3. The van der Waals surface area contributed by atoms with Crippen molar-refractivity contribution < 1.29 is 13.9 Å². The third-order valence-electron chi connectivity index (χ3n) is 7.15. The van der Waals surface area contributed by atoms with Crippen molar-refractivity contribution in [2.24, 2.45) is 7.05 Å². The first-order valence-electron chi connectivity index (χ1n) is 12.5. The quantitative estimate of drug-likeness (QED) is 0.446. The first-order valence-corrected chi connectivity index (χ1v) is 12.5. The number of aryl methyl sites for hydroxylation is 1. The molecule has 5 nitrogen and oxygen atoms in total. The zero-order valence-electron chi connectivity index (χ0n) is 22.4. The van der Waals surface area contributed by atoms with Gasteiger partial charge in [-0.25, -0.2) is 15.2 Å². The summed E-state index contributed by atoms with van der Waals surface area (Å²) in [5, 5.41) is 0. The van der Waals surface area contributed by atoms with E-state index in [1.54, 1.807) is 0 Å². The molecule has 36 heavy (non-hydrogen) atoms.